The molecule has 1 aliphatic rings. The molecule has 0 saturated carbocycles. The number of ether oxygens (including phenoxy) is 2. The lowest BCUT2D eigenvalue weighted by molar-refractivity contribution is 0.0631. The smallest absolute Gasteiger partial charge is 0.123 e. The Morgan fingerprint density at radius 3 is 2.81 bits per heavy atom. The molecule has 0 bridgehead atoms. The van der Waals surface area contributed by atoms with Gasteiger partial charge in [-0.2, -0.15) is 0 Å². The second kappa shape index (κ2) is 8.32. The molecule has 1 heterocycles. The molecule has 1 aromatic carbocycles. The zero-order valence-corrected chi connectivity index (χ0v) is 12.5. The molecule has 4 nitrogen and oxygen atoms in total. The van der Waals surface area contributed by atoms with E-state index in [1.807, 2.05) is 0 Å². The fourth-order valence-electron chi connectivity index (χ4n) is 2.50. The van der Waals surface area contributed by atoms with Gasteiger partial charge >= 0.3 is 0 Å². The Morgan fingerprint density at radius 1 is 1.43 bits per heavy atom. The second-order valence-electron chi connectivity index (χ2n) is 5.50. The van der Waals surface area contributed by atoms with E-state index in [-0.39, 0.29) is 12.4 Å². The Balaban J connectivity index is 1.71. The van der Waals surface area contributed by atoms with E-state index in [0.29, 0.717) is 18.2 Å². The number of likely N-dealkylation sites (N-methyl/N-ethyl adjacent to an activating group) is 1. The predicted molar refractivity (Wildman–Crippen MR) is 78.9 cm³/mol. The van der Waals surface area contributed by atoms with Crippen molar-refractivity contribution in [2.24, 2.45) is 5.92 Å². The number of hydrogen-bond acceptors (Lipinski definition) is 4. The van der Waals surface area contributed by atoms with Gasteiger partial charge < -0.3 is 19.5 Å². The highest BCUT2D eigenvalue weighted by Crippen LogP contribution is 2.15. The van der Waals surface area contributed by atoms with Crippen molar-refractivity contribution in [1.82, 2.24) is 4.90 Å². The quantitative estimate of drug-likeness (QED) is 0.796. The van der Waals surface area contributed by atoms with Crippen LogP contribution in [-0.4, -0.2) is 55.6 Å². The van der Waals surface area contributed by atoms with Crippen LogP contribution in [0.2, 0.25) is 0 Å². The Morgan fingerprint density at radius 2 is 2.19 bits per heavy atom. The van der Waals surface area contributed by atoms with E-state index < -0.39 is 6.10 Å². The van der Waals surface area contributed by atoms with Crippen molar-refractivity contribution in [2.45, 2.75) is 19.4 Å². The van der Waals surface area contributed by atoms with Crippen LogP contribution in [0, 0.1) is 11.7 Å². The summed E-state index contributed by atoms with van der Waals surface area (Å²) in [7, 11) is 0. The fraction of sp³-hybridized carbons (Fsp3) is 0.625. The van der Waals surface area contributed by atoms with E-state index in [0.717, 1.165) is 32.7 Å². The molecule has 1 saturated heterocycles. The summed E-state index contributed by atoms with van der Waals surface area (Å²) < 4.78 is 23.6. The van der Waals surface area contributed by atoms with E-state index in [9.17, 15) is 9.50 Å². The standard InChI is InChI=1S/C16H24FNO3/c1-2-18(9-13-7-8-20-11-13)10-15(19)12-21-16-5-3-14(17)4-6-16/h3-6,13,15,19H,2,7-12H2,1H3/t13-,15-/m1/s1. The average molecular weight is 297 g/mol. The number of benzene rings is 1. The maximum absolute atomic E-state index is 12.8. The first kappa shape index (κ1) is 16.2. The molecule has 0 unspecified atom stereocenters. The normalized spacial score (nSPS) is 19.9. The molecular weight excluding hydrogens is 273 g/mol. The van der Waals surface area contributed by atoms with Gasteiger partial charge in [0.15, 0.2) is 0 Å². The number of nitrogens with zero attached hydrogens (tertiary/aromatic N) is 1. The summed E-state index contributed by atoms with van der Waals surface area (Å²) >= 11 is 0. The zero-order valence-electron chi connectivity index (χ0n) is 12.5. The highest BCUT2D eigenvalue weighted by molar-refractivity contribution is 5.22. The fourth-order valence-corrected chi connectivity index (χ4v) is 2.50. The van der Waals surface area contributed by atoms with Crippen LogP contribution in [0.1, 0.15) is 13.3 Å². The monoisotopic (exact) mass is 297 g/mol. The predicted octanol–water partition coefficient (Wildman–Crippen LogP) is 1.92. The first-order chi connectivity index (χ1) is 10.2. The van der Waals surface area contributed by atoms with Crippen LogP contribution in [0.15, 0.2) is 24.3 Å². The lowest BCUT2D eigenvalue weighted by Crippen LogP contribution is -2.38. The van der Waals surface area contributed by atoms with Crippen molar-refractivity contribution in [2.75, 3.05) is 39.5 Å². The molecule has 2 rings (SSSR count). The third-order valence-corrected chi connectivity index (χ3v) is 3.71. The SMILES string of the molecule is CCN(C[C@@H](O)COc1ccc(F)cc1)C[C@H]1CCOC1. The minimum absolute atomic E-state index is 0.212. The molecule has 1 aliphatic heterocycles. The van der Waals surface area contributed by atoms with Gasteiger partial charge in [-0.25, -0.2) is 4.39 Å². The molecule has 1 N–H and O–H groups in total. The summed E-state index contributed by atoms with van der Waals surface area (Å²) in [6.45, 7) is 6.38. The molecule has 0 spiro atoms. The van der Waals surface area contributed by atoms with Crippen LogP contribution in [0.3, 0.4) is 0 Å². The van der Waals surface area contributed by atoms with Crippen molar-refractivity contribution >= 4 is 0 Å². The number of hydrogen-bond donors (Lipinski definition) is 1. The van der Waals surface area contributed by atoms with E-state index in [1.165, 1.54) is 12.1 Å². The first-order valence-corrected chi connectivity index (χ1v) is 7.54. The molecule has 5 heteroatoms. The Kier molecular flexibility index (Phi) is 6.42. The average Bonchev–Trinajstić information content (AvgIpc) is 2.99. The summed E-state index contributed by atoms with van der Waals surface area (Å²) in [5.74, 6) is 0.844. The van der Waals surface area contributed by atoms with Crippen molar-refractivity contribution < 1.29 is 19.0 Å². The van der Waals surface area contributed by atoms with Crippen LogP contribution < -0.4 is 4.74 Å². The van der Waals surface area contributed by atoms with Crippen LogP contribution in [-0.2, 0) is 4.74 Å². The molecule has 0 aliphatic carbocycles. The zero-order chi connectivity index (χ0) is 15.1. The van der Waals surface area contributed by atoms with Gasteiger partial charge in [0.25, 0.3) is 0 Å². The van der Waals surface area contributed by atoms with E-state index in [1.54, 1.807) is 12.1 Å². The third-order valence-electron chi connectivity index (χ3n) is 3.71. The van der Waals surface area contributed by atoms with Crippen molar-refractivity contribution in [3.63, 3.8) is 0 Å². The lowest BCUT2D eigenvalue weighted by Gasteiger charge is -2.25. The lowest BCUT2D eigenvalue weighted by atomic mass is 10.1. The van der Waals surface area contributed by atoms with Crippen LogP contribution in [0.25, 0.3) is 0 Å². The molecule has 1 aromatic rings. The minimum atomic E-state index is -0.558. The van der Waals surface area contributed by atoms with Gasteiger partial charge in [0, 0.05) is 19.7 Å². The number of aliphatic hydroxyl groups excluding tert-OH is 1. The molecule has 0 radical (unpaired) electrons. The van der Waals surface area contributed by atoms with Gasteiger partial charge in [0.2, 0.25) is 0 Å². The van der Waals surface area contributed by atoms with Gasteiger partial charge in [-0.1, -0.05) is 6.92 Å². The summed E-state index contributed by atoms with van der Waals surface area (Å²) in [5, 5.41) is 10.1. The molecule has 118 valence electrons. The van der Waals surface area contributed by atoms with Gasteiger partial charge in [-0.3, -0.25) is 0 Å². The van der Waals surface area contributed by atoms with E-state index in [2.05, 4.69) is 11.8 Å². The molecule has 0 amide bonds. The number of aliphatic hydroxyl groups is 1. The highest BCUT2D eigenvalue weighted by atomic mass is 19.1. The summed E-state index contributed by atoms with van der Waals surface area (Å²) in [5.41, 5.74) is 0. The third kappa shape index (κ3) is 5.61. The minimum Gasteiger partial charge on any atom is -0.491 e. The van der Waals surface area contributed by atoms with Gasteiger partial charge in [-0.05, 0) is 43.1 Å². The van der Waals surface area contributed by atoms with Crippen molar-refractivity contribution in [1.29, 1.82) is 0 Å². The Labute approximate surface area is 125 Å². The number of halogens is 1. The number of rotatable bonds is 8. The first-order valence-electron chi connectivity index (χ1n) is 7.54. The highest BCUT2D eigenvalue weighted by Gasteiger charge is 2.20. The maximum atomic E-state index is 12.8. The largest absolute Gasteiger partial charge is 0.491 e. The Bertz CT molecular complexity index is 406. The molecule has 21 heavy (non-hydrogen) atoms. The van der Waals surface area contributed by atoms with Gasteiger partial charge in [0.1, 0.15) is 24.3 Å². The van der Waals surface area contributed by atoms with Crippen LogP contribution in [0.5, 0.6) is 5.75 Å². The molecule has 1 fully saturated rings. The van der Waals surface area contributed by atoms with Crippen LogP contribution in [0.4, 0.5) is 4.39 Å². The summed E-state index contributed by atoms with van der Waals surface area (Å²) in [6, 6.07) is 5.82. The van der Waals surface area contributed by atoms with Crippen molar-refractivity contribution in [3.05, 3.63) is 30.1 Å². The molecule has 0 aromatic heterocycles. The van der Waals surface area contributed by atoms with Gasteiger partial charge in [-0.15, -0.1) is 0 Å². The Hall–Kier alpha value is -1.17. The second-order valence-corrected chi connectivity index (χ2v) is 5.50. The van der Waals surface area contributed by atoms with Gasteiger partial charge in [0.05, 0.1) is 6.61 Å². The van der Waals surface area contributed by atoms with Crippen molar-refractivity contribution in [3.8, 4) is 5.75 Å². The molecular formula is C16H24FNO3. The van der Waals surface area contributed by atoms with E-state index in [4.69, 9.17) is 9.47 Å². The maximum Gasteiger partial charge on any atom is 0.123 e. The topological polar surface area (TPSA) is 41.9 Å². The van der Waals surface area contributed by atoms with Crippen LogP contribution >= 0.6 is 0 Å². The summed E-state index contributed by atoms with van der Waals surface area (Å²) in [6.07, 6.45) is 0.538. The molecule has 2 atom stereocenters. The van der Waals surface area contributed by atoms with E-state index >= 15 is 0 Å². The summed E-state index contributed by atoms with van der Waals surface area (Å²) in [4.78, 5) is 2.22.